The summed E-state index contributed by atoms with van der Waals surface area (Å²) < 4.78 is 12.0. The van der Waals surface area contributed by atoms with Crippen LogP contribution >= 0.6 is 11.6 Å². The van der Waals surface area contributed by atoms with Crippen LogP contribution in [0.2, 0.25) is 5.02 Å². The Balaban J connectivity index is 1.36. The summed E-state index contributed by atoms with van der Waals surface area (Å²) in [6, 6.07) is 11.3. The summed E-state index contributed by atoms with van der Waals surface area (Å²) in [5, 5.41) is 0.625. The number of aryl methyl sites for hydroxylation is 1. The minimum atomic E-state index is -0.534. The van der Waals surface area contributed by atoms with E-state index in [0.717, 1.165) is 16.9 Å². The zero-order chi connectivity index (χ0) is 21.3. The predicted octanol–water partition coefficient (Wildman–Crippen LogP) is 4.75. The molecule has 5 nitrogen and oxygen atoms in total. The molecule has 4 rings (SSSR count). The van der Waals surface area contributed by atoms with Gasteiger partial charge in [0.2, 0.25) is 5.91 Å². The molecule has 0 aliphatic carbocycles. The van der Waals surface area contributed by atoms with Gasteiger partial charge in [-0.05, 0) is 43.2 Å². The van der Waals surface area contributed by atoms with Crippen molar-refractivity contribution in [1.82, 2.24) is 4.90 Å². The zero-order valence-corrected chi connectivity index (χ0v) is 18.1. The molecular weight excluding hydrogens is 402 g/mol. The van der Waals surface area contributed by atoms with Gasteiger partial charge in [0.15, 0.2) is 5.78 Å². The molecule has 1 spiro atoms. The molecule has 2 aromatic carbocycles. The summed E-state index contributed by atoms with van der Waals surface area (Å²) in [6.45, 7) is 5.30. The van der Waals surface area contributed by atoms with Crippen molar-refractivity contribution in [2.75, 3.05) is 19.7 Å². The standard InChI is InChI=1S/C24H26ClNO4/c1-16-14-20-22(17(2)23(16)25)19(27)15-24(30-20)9-11-26(12-10-24)21(28)8-13-29-18-6-4-3-5-7-18/h3-7,14H,8-13,15H2,1-2H3. The van der Waals surface area contributed by atoms with Gasteiger partial charge in [-0.3, -0.25) is 9.59 Å². The Hall–Kier alpha value is -2.53. The molecule has 30 heavy (non-hydrogen) atoms. The quantitative estimate of drug-likeness (QED) is 0.706. The van der Waals surface area contributed by atoms with Crippen LogP contribution in [0.15, 0.2) is 36.4 Å². The molecule has 1 fully saturated rings. The number of fused-ring (bicyclic) bond motifs is 1. The van der Waals surface area contributed by atoms with E-state index in [1.807, 2.05) is 55.1 Å². The van der Waals surface area contributed by atoms with Crippen LogP contribution in [-0.2, 0) is 4.79 Å². The summed E-state index contributed by atoms with van der Waals surface area (Å²) in [5.74, 6) is 1.54. The number of para-hydroxylation sites is 1. The van der Waals surface area contributed by atoms with Crippen molar-refractivity contribution < 1.29 is 19.1 Å². The van der Waals surface area contributed by atoms with Crippen LogP contribution in [0, 0.1) is 13.8 Å². The Morgan fingerprint density at radius 3 is 2.60 bits per heavy atom. The minimum Gasteiger partial charge on any atom is -0.493 e. The average molecular weight is 428 g/mol. The maximum absolute atomic E-state index is 12.9. The number of halogens is 1. The maximum atomic E-state index is 12.9. The number of likely N-dealkylation sites (tertiary alicyclic amines) is 1. The number of ketones is 1. The molecule has 1 amide bonds. The number of amides is 1. The van der Waals surface area contributed by atoms with Crippen LogP contribution in [0.3, 0.4) is 0 Å². The maximum Gasteiger partial charge on any atom is 0.226 e. The van der Waals surface area contributed by atoms with Crippen LogP contribution in [-0.4, -0.2) is 41.9 Å². The van der Waals surface area contributed by atoms with E-state index in [1.54, 1.807) is 0 Å². The summed E-state index contributed by atoms with van der Waals surface area (Å²) in [4.78, 5) is 27.3. The molecule has 0 atom stereocenters. The van der Waals surface area contributed by atoms with E-state index in [2.05, 4.69) is 0 Å². The number of rotatable bonds is 4. The van der Waals surface area contributed by atoms with Crippen LogP contribution in [0.25, 0.3) is 0 Å². The second kappa shape index (κ2) is 8.31. The number of carbonyl (C=O) groups excluding carboxylic acids is 2. The molecule has 0 unspecified atom stereocenters. The fourth-order valence-electron chi connectivity index (χ4n) is 4.37. The van der Waals surface area contributed by atoms with Crippen molar-refractivity contribution in [1.29, 1.82) is 0 Å². The molecule has 1 saturated heterocycles. The van der Waals surface area contributed by atoms with Crippen molar-refractivity contribution in [3.05, 3.63) is 58.1 Å². The highest BCUT2D eigenvalue weighted by molar-refractivity contribution is 6.32. The SMILES string of the molecule is Cc1cc2c(c(C)c1Cl)C(=O)CC1(CCN(C(=O)CCOc3ccccc3)CC1)O2. The highest BCUT2D eigenvalue weighted by atomic mass is 35.5. The third kappa shape index (κ3) is 4.04. The van der Waals surface area contributed by atoms with Gasteiger partial charge < -0.3 is 14.4 Å². The largest absolute Gasteiger partial charge is 0.493 e. The zero-order valence-electron chi connectivity index (χ0n) is 17.4. The van der Waals surface area contributed by atoms with Gasteiger partial charge in [-0.1, -0.05) is 29.8 Å². The van der Waals surface area contributed by atoms with Crippen LogP contribution < -0.4 is 9.47 Å². The van der Waals surface area contributed by atoms with Crippen molar-refractivity contribution in [2.45, 2.75) is 45.1 Å². The Morgan fingerprint density at radius 1 is 1.20 bits per heavy atom. The van der Waals surface area contributed by atoms with Gasteiger partial charge >= 0.3 is 0 Å². The van der Waals surface area contributed by atoms with Gasteiger partial charge in [-0.2, -0.15) is 0 Å². The van der Waals surface area contributed by atoms with E-state index < -0.39 is 5.60 Å². The highest BCUT2D eigenvalue weighted by Gasteiger charge is 2.44. The third-order valence-corrected chi connectivity index (χ3v) is 6.67. The molecule has 2 heterocycles. The lowest BCUT2D eigenvalue weighted by Crippen LogP contribution is -2.52. The first kappa shape index (κ1) is 20.7. The van der Waals surface area contributed by atoms with E-state index in [1.165, 1.54) is 0 Å². The Labute approximate surface area is 181 Å². The van der Waals surface area contributed by atoms with E-state index in [9.17, 15) is 9.59 Å². The number of hydrogen-bond donors (Lipinski definition) is 0. The first-order chi connectivity index (χ1) is 14.4. The number of piperidine rings is 1. The number of nitrogens with zero attached hydrogens (tertiary/aromatic N) is 1. The predicted molar refractivity (Wildman–Crippen MR) is 116 cm³/mol. The molecular formula is C24H26ClNO4. The summed E-state index contributed by atoms with van der Waals surface area (Å²) in [6.07, 6.45) is 1.95. The van der Waals surface area contributed by atoms with Crippen molar-refractivity contribution in [3.63, 3.8) is 0 Å². The number of Topliss-reactive ketones (excluding diaryl/α,β-unsaturated/α-hetero) is 1. The summed E-state index contributed by atoms with van der Waals surface area (Å²) >= 11 is 6.33. The van der Waals surface area contributed by atoms with Gasteiger partial charge in [0.1, 0.15) is 17.1 Å². The minimum absolute atomic E-state index is 0.0711. The van der Waals surface area contributed by atoms with Gasteiger partial charge in [0, 0.05) is 31.0 Å². The van der Waals surface area contributed by atoms with Crippen LogP contribution in [0.5, 0.6) is 11.5 Å². The van der Waals surface area contributed by atoms with Crippen LogP contribution in [0.4, 0.5) is 0 Å². The molecule has 0 aromatic heterocycles. The second-order valence-corrected chi connectivity index (χ2v) is 8.56. The summed E-state index contributed by atoms with van der Waals surface area (Å²) in [7, 11) is 0. The second-order valence-electron chi connectivity index (χ2n) is 8.18. The fraction of sp³-hybridized carbons (Fsp3) is 0.417. The molecule has 0 bridgehead atoms. The highest BCUT2D eigenvalue weighted by Crippen LogP contribution is 2.43. The first-order valence-electron chi connectivity index (χ1n) is 10.4. The van der Waals surface area contributed by atoms with Crippen LogP contribution in [0.1, 0.15) is 47.2 Å². The van der Waals surface area contributed by atoms with E-state index in [0.29, 0.717) is 61.7 Å². The molecule has 2 aromatic rings. The molecule has 0 N–H and O–H groups in total. The van der Waals surface area contributed by atoms with Crippen molar-refractivity contribution in [3.8, 4) is 11.5 Å². The molecule has 2 aliphatic rings. The molecule has 0 saturated carbocycles. The molecule has 158 valence electrons. The smallest absolute Gasteiger partial charge is 0.226 e. The Morgan fingerprint density at radius 2 is 1.90 bits per heavy atom. The summed E-state index contributed by atoms with van der Waals surface area (Å²) in [5.41, 5.74) is 1.77. The van der Waals surface area contributed by atoms with Gasteiger partial charge in [-0.25, -0.2) is 0 Å². The molecule has 2 aliphatic heterocycles. The van der Waals surface area contributed by atoms with Crippen molar-refractivity contribution in [2.24, 2.45) is 0 Å². The average Bonchev–Trinajstić information content (AvgIpc) is 2.73. The van der Waals surface area contributed by atoms with E-state index >= 15 is 0 Å². The normalized spacial score (nSPS) is 17.4. The van der Waals surface area contributed by atoms with E-state index in [4.69, 9.17) is 21.1 Å². The van der Waals surface area contributed by atoms with Gasteiger partial charge in [0.05, 0.1) is 25.0 Å². The Kier molecular flexibility index (Phi) is 5.74. The van der Waals surface area contributed by atoms with Crippen molar-refractivity contribution >= 4 is 23.3 Å². The Bertz CT molecular complexity index is 965. The first-order valence-corrected chi connectivity index (χ1v) is 10.7. The number of ether oxygens (including phenoxy) is 2. The fourth-order valence-corrected chi connectivity index (χ4v) is 4.52. The number of benzene rings is 2. The molecule has 0 radical (unpaired) electrons. The lowest BCUT2D eigenvalue weighted by molar-refractivity contribution is -0.135. The number of carbonyl (C=O) groups is 2. The number of hydrogen-bond acceptors (Lipinski definition) is 4. The lowest BCUT2D eigenvalue weighted by atomic mass is 9.81. The molecule has 6 heteroatoms. The third-order valence-electron chi connectivity index (χ3n) is 6.09. The monoisotopic (exact) mass is 427 g/mol. The topological polar surface area (TPSA) is 55.8 Å². The van der Waals surface area contributed by atoms with Gasteiger partial charge in [-0.15, -0.1) is 0 Å². The van der Waals surface area contributed by atoms with E-state index in [-0.39, 0.29) is 11.7 Å². The van der Waals surface area contributed by atoms with Gasteiger partial charge in [0.25, 0.3) is 0 Å². The lowest BCUT2D eigenvalue weighted by Gasteiger charge is -2.44.